The molecule has 1 rings (SSSR count). The number of nitrogens with one attached hydrogen (secondary N) is 2. The van der Waals surface area contributed by atoms with Crippen molar-refractivity contribution in [2.24, 2.45) is 45.2 Å². The Balaban J connectivity index is 3.07. The molecule has 0 saturated heterocycles. The first-order chi connectivity index (χ1) is 13.1. The summed E-state index contributed by atoms with van der Waals surface area (Å²) in [6.45, 7) is -1.52. The van der Waals surface area contributed by atoms with E-state index in [1.165, 1.54) is 24.3 Å². The maximum absolute atomic E-state index is 12.5. The normalized spacial score (nSPS) is 11.6. The van der Waals surface area contributed by atoms with Gasteiger partial charge in [0.05, 0.1) is 0 Å². The first-order valence-electron chi connectivity index (χ1n) is 8.26. The zero-order valence-electron chi connectivity index (χ0n) is 15.2. The van der Waals surface area contributed by atoms with Crippen LogP contribution in [-0.4, -0.2) is 49.8 Å². The van der Waals surface area contributed by atoms with Gasteiger partial charge in [-0.2, -0.15) is 0 Å². The van der Waals surface area contributed by atoms with Crippen molar-refractivity contribution in [1.29, 1.82) is 0 Å². The second-order valence-electron chi connectivity index (χ2n) is 6.20. The van der Waals surface area contributed by atoms with Crippen LogP contribution in [0.25, 0.3) is 0 Å². The number of carbonyl (C=O) groups excluding carboxylic acids is 4. The monoisotopic (exact) mass is 394 g/mol. The lowest BCUT2D eigenvalue weighted by molar-refractivity contribution is -0.138. The van der Waals surface area contributed by atoms with E-state index >= 15 is 0 Å². The van der Waals surface area contributed by atoms with Gasteiger partial charge in [-0.05, 0) is 18.2 Å². The number of primary amides is 2. The summed E-state index contributed by atoms with van der Waals surface area (Å²) >= 11 is 0. The third-order valence-electron chi connectivity index (χ3n) is 4.58. The molecule has 0 atom stereocenters. The highest BCUT2D eigenvalue weighted by Gasteiger charge is 2.43. The Hall–Kier alpha value is -3.06. The average molecular weight is 394 g/mol. The lowest BCUT2D eigenvalue weighted by Gasteiger charge is -2.27. The Morgan fingerprint density at radius 3 is 1.29 bits per heavy atom. The second kappa shape index (κ2) is 9.23. The number of amides is 4. The first kappa shape index (κ1) is 23.0. The van der Waals surface area contributed by atoms with E-state index in [4.69, 9.17) is 34.4 Å². The number of anilines is 2. The van der Waals surface area contributed by atoms with Crippen LogP contribution in [-0.2, 0) is 19.2 Å². The minimum absolute atomic E-state index is 0.223. The minimum atomic E-state index is -1.78. The van der Waals surface area contributed by atoms with E-state index in [-0.39, 0.29) is 37.6 Å². The molecule has 1 aromatic carbocycles. The minimum Gasteiger partial charge on any atom is -0.369 e. The van der Waals surface area contributed by atoms with Gasteiger partial charge in [-0.25, -0.2) is 0 Å². The Labute approximate surface area is 161 Å². The average Bonchev–Trinajstić information content (AvgIpc) is 2.64. The van der Waals surface area contributed by atoms with Crippen LogP contribution in [0.2, 0.25) is 0 Å². The Bertz CT molecular complexity index is 700. The van der Waals surface area contributed by atoms with Crippen molar-refractivity contribution in [3.63, 3.8) is 0 Å². The number of rotatable bonds is 10. The molecule has 0 unspecified atom stereocenters. The van der Waals surface area contributed by atoms with E-state index in [0.717, 1.165) is 0 Å². The second-order valence-corrected chi connectivity index (χ2v) is 6.20. The van der Waals surface area contributed by atoms with Gasteiger partial charge in [0, 0.05) is 37.6 Å². The van der Waals surface area contributed by atoms with Gasteiger partial charge in [-0.1, -0.05) is 6.07 Å². The van der Waals surface area contributed by atoms with Gasteiger partial charge in [0.25, 0.3) is 0 Å². The number of benzene rings is 1. The van der Waals surface area contributed by atoms with E-state index in [0.29, 0.717) is 0 Å². The molecular formula is C16H26N8O4. The van der Waals surface area contributed by atoms with Crippen LogP contribution in [0.5, 0.6) is 0 Å². The zero-order chi connectivity index (χ0) is 21.5. The van der Waals surface area contributed by atoms with Crippen molar-refractivity contribution >= 4 is 35.0 Å². The topological polar surface area (TPSA) is 248 Å². The highest BCUT2D eigenvalue weighted by Crippen LogP contribution is 2.22. The lowest BCUT2D eigenvalue weighted by Crippen LogP contribution is -2.56. The molecule has 0 aliphatic rings. The fourth-order valence-electron chi connectivity index (χ4n) is 2.34. The van der Waals surface area contributed by atoms with Gasteiger partial charge in [-0.15, -0.1) is 0 Å². The number of carbonyl (C=O) groups is 4. The molecule has 14 N–H and O–H groups in total. The van der Waals surface area contributed by atoms with Gasteiger partial charge < -0.3 is 45.0 Å². The summed E-state index contributed by atoms with van der Waals surface area (Å²) in [6, 6.07) is 5.89. The number of hydrogen-bond acceptors (Lipinski definition) is 8. The Kier molecular flexibility index (Phi) is 7.58. The fourth-order valence-corrected chi connectivity index (χ4v) is 2.34. The third kappa shape index (κ3) is 4.26. The molecule has 0 radical (unpaired) electrons. The summed E-state index contributed by atoms with van der Waals surface area (Å²) in [7, 11) is 0. The quantitative estimate of drug-likeness (QED) is 0.183. The fraction of sp³-hybridized carbons (Fsp3) is 0.375. The van der Waals surface area contributed by atoms with Crippen molar-refractivity contribution in [2.75, 3.05) is 36.8 Å². The van der Waals surface area contributed by atoms with Crippen molar-refractivity contribution in [2.45, 2.75) is 0 Å². The summed E-state index contributed by atoms with van der Waals surface area (Å²) < 4.78 is 0. The molecule has 0 aliphatic carbocycles. The zero-order valence-corrected chi connectivity index (χ0v) is 15.2. The lowest BCUT2D eigenvalue weighted by atomic mass is 9.86. The smallest absolute Gasteiger partial charge is 0.242 e. The van der Waals surface area contributed by atoms with Crippen LogP contribution >= 0.6 is 0 Å². The summed E-state index contributed by atoms with van der Waals surface area (Å²) in [5, 5.41) is 4.95. The number of hydrogen-bond donors (Lipinski definition) is 8. The molecule has 1 aromatic rings. The molecule has 0 saturated carbocycles. The maximum atomic E-state index is 12.5. The van der Waals surface area contributed by atoms with E-state index in [2.05, 4.69) is 10.6 Å². The van der Waals surface area contributed by atoms with Crippen molar-refractivity contribution in [1.82, 2.24) is 0 Å². The maximum Gasteiger partial charge on any atom is 0.242 e. The van der Waals surface area contributed by atoms with Gasteiger partial charge in [0.15, 0.2) is 10.8 Å². The summed E-state index contributed by atoms with van der Waals surface area (Å²) in [6.07, 6.45) is 0. The number of nitrogens with two attached hydrogens (primary N) is 6. The van der Waals surface area contributed by atoms with Crippen LogP contribution in [0.1, 0.15) is 0 Å². The van der Waals surface area contributed by atoms with Crippen LogP contribution in [0, 0.1) is 10.8 Å². The van der Waals surface area contributed by atoms with E-state index in [1.54, 1.807) is 0 Å². The highest BCUT2D eigenvalue weighted by atomic mass is 16.2. The molecule has 154 valence electrons. The summed E-state index contributed by atoms with van der Waals surface area (Å²) in [4.78, 5) is 48.2. The molecule has 4 amide bonds. The molecule has 0 fully saturated rings. The summed E-state index contributed by atoms with van der Waals surface area (Å²) in [5.41, 5.74) is 29.5. The Morgan fingerprint density at radius 1 is 0.714 bits per heavy atom. The van der Waals surface area contributed by atoms with Gasteiger partial charge >= 0.3 is 0 Å². The molecule has 12 nitrogen and oxygen atoms in total. The van der Waals surface area contributed by atoms with Crippen LogP contribution in [0.15, 0.2) is 24.3 Å². The van der Waals surface area contributed by atoms with E-state index in [9.17, 15) is 19.2 Å². The molecule has 0 heterocycles. The van der Waals surface area contributed by atoms with Gasteiger partial charge in [0.1, 0.15) is 0 Å². The molecule has 0 bridgehead atoms. The van der Waals surface area contributed by atoms with Crippen molar-refractivity contribution in [3.05, 3.63) is 24.3 Å². The predicted molar refractivity (Wildman–Crippen MR) is 103 cm³/mol. The van der Waals surface area contributed by atoms with E-state index < -0.39 is 34.5 Å². The molecule has 0 aliphatic heterocycles. The SMILES string of the molecule is NCC(CN)(C(N)=O)C(=O)Nc1cccc(NC(=O)C(CN)(CN)C(N)=O)c1. The third-order valence-corrected chi connectivity index (χ3v) is 4.58. The van der Waals surface area contributed by atoms with Crippen molar-refractivity contribution in [3.8, 4) is 0 Å². The molecule has 0 spiro atoms. The van der Waals surface area contributed by atoms with Gasteiger partial charge in [0.2, 0.25) is 23.6 Å². The standard InChI is InChI=1S/C16H26N8O4/c17-5-15(6-18,11(21)25)13(27)23-9-2-1-3-10(4-9)24-14(28)16(7-19,8-20)12(22)26/h1-4H,5-8,17-20H2,(H2,21,25)(H2,22,26)(H,23,27)(H,24,28). The summed E-state index contributed by atoms with van der Waals surface area (Å²) in [5.74, 6) is -3.50. The Morgan fingerprint density at radius 2 is 1.04 bits per heavy atom. The predicted octanol–water partition coefficient (Wildman–Crippen LogP) is -3.66. The largest absolute Gasteiger partial charge is 0.369 e. The molecule has 28 heavy (non-hydrogen) atoms. The van der Waals surface area contributed by atoms with Crippen LogP contribution in [0.4, 0.5) is 11.4 Å². The molecule has 12 heteroatoms. The van der Waals surface area contributed by atoms with Crippen molar-refractivity contribution < 1.29 is 19.2 Å². The molecule has 0 aromatic heterocycles. The van der Waals surface area contributed by atoms with Crippen LogP contribution < -0.4 is 45.0 Å². The van der Waals surface area contributed by atoms with E-state index in [1.807, 2.05) is 0 Å². The van der Waals surface area contributed by atoms with Gasteiger partial charge in [-0.3, -0.25) is 19.2 Å². The molecular weight excluding hydrogens is 368 g/mol. The van der Waals surface area contributed by atoms with Crippen LogP contribution in [0.3, 0.4) is 0 Å². The highest BCUT2D eigenvalue weighted by molar-refractivity contribution is 6.12. The first-order valence-corrected chi connectivity index (χ1v) is 8.26.